The zero-order valence-corrected chi connectivity index (χ0v) is 14.5. The van der Waals surface area contributed by atoms with Gasteiger partial charge in [0.15, 0.2) is 0 Å². The lowest BCUT2D eigenvalue weighted by Gasteiger charge is -2.41. The average Bonchev–Trinajstić information content (AvgIpc) is 2.54. The van der Waals surface area contributed by atoms with Gasteiger partial charge in [-0.1, -0.05) is 23.2 Å². The van der Waals surface area contributed by atoms with Crippen LogP contribution in [0.1, 0.15) is 5.56 Å². The third-order valence-electron chi connectivity index (χ3n) is 3.85. The van der Waals surface area contributed by atoms with Crippen molar-refractivity contribution in [3.05, 3.63) is 27.7 Å². The Kier molecular flexibility index (Phi) is 5.83. The quantitative estimate of drug-likeness (QED) is 0.849. The van der Waals surface area contributed by atoms with Gasteiger partial charge in [-0.2, -0.15) is 8.78 Å². The minimum atomic E-state index is -3.04. The molecule has 138 valence electrons. The second kappa shape index (κ2) is 7.90. The number of rotatable bonds is 4. The van der Waals surface area contributed by atoms with Crippen molar-refractivity contribution in [2.45, 2.75) is 25.4 Å². The number of morpholine rings is 1. The van der Waals surface area contributed by atoms with E-state index in [1.54, 1.807) is 4.90 Å². The van der Waals surface area contributed by atoms with Gasteiger partial charge in [0.05, 0.1) is 43.5 Å². The summed E-state index contributed by atoms with van der Waals surface area (Å²) < 4.78 is 40.6. The van der Waals surface area contributed by atoms with E-state index >= 15 is 0 Å². The molecule has 10 heteroatoms. The molecule has 25 heavy (non-hydrogen) atoms. The van der Waals surface area contributed by atoms with Gasteiger partial charge >= 0.3 is 12.6 Å². The molecular weight excluding hydrogens is 381 g/mol. The monoisotopic (exact) mass is 396 g/mol. The van der Waals surface area contributed by atoms with Gasteiger partial charge in [0.1, 0.15) is 5.75 Å². The van der Waals surface area contributed by atoms with Gasteiger partial charge in [0.2, 0.25) is 0 Å². The maximum Gasteiger partial charge on any atom is 0.387 e. The molecule has 0 spiro atoms. The van der Waals surface area contributed by atoms with E-state index in [-0.39, 0.29) is 46.1 Å². The summed E-state index contributed by atoms with van der Waals surface area (Å²) in [6.45, 7) is -1.40. The predicted octanol–water partition coefficient (Wildman–Crippen LogP) is 2.90. The molecule has 2 amide bonds. The molecule has 2 fully saturated rings. The largest absolute Gasteiger partial charge is 0.433 e. The lowest BCUT2D eigenvalue weighted by Crippen LogP contribution is -2.57. The smallest absolute Gasteiger partial charge is 0.387 e. The molecule has 2 heterocycles. The number of halogens is 4. The van der Waals surface area contributed by atoms with Crippen LogP contribution in [0.3, 0.4) is 0 Å². The fourth-order valence-electron chi connectivity index (χ4n) is 2.85. The van der Waals surface area contributed by atoms with Crippen molar-refractivity contribution in [2.24, 2.45) is 0 Å². The van der Waals surface area contributed by atoms with Crippen LogP contribution in [0.4, 0.5) is 13.6 Å². The third kappa shape index (κ3) is 4.63. The highest BCUT2D eigenvalue weighted by atomic mass is 35.5. The molecule has 3 rings (SSSR count). The van der Waals surface area contributed by atoms with Crippen LogP contribution < -0.4 is 10.1 Å². The van der Waals surface area contributed by atoms with Crippen LogP contribution in [0.25, 0.3) is 0 Å². The first-order valence-corrected chi connectivity index (χ1v) is 8.36. The molecule has 2 unspecified atom stereocenters. The highest BCUT2D eigenvalue weighted by Gasteiger charge is 2.34. The van der Waals surface area contributed by atoms with E-state index in [1.165, 1.54) is 12.1 Å². The van der Waals surface area contributed by atoms with E-state index in [4.69, 9.17) is 32.7 Å². The zero-order chi connectivity index (χ0) is 18.0. The second-order valence-corrected chi connectivity index (χ2v) is 6.58. The number of nitrogens with zero attached hydrogens (tertiary/aromatic N) is 1. The Hall–Kier alpha value is -1.35. The molecule has 0 aliphatic carbocycles. The fourth-order valence-corrected chi connectivity index (χ4v) is 3.43. The summed E-state index contributed by atoms with van der Waals surface area (Å²) in [6, 6.07) is 2.39. The minimum absolute atomic E-state index is 0.0462. The average molecular weight is 397 g/mol. The highest BCUT2D eigenvalue weighted by Crippen LogP contribution is 2.33. The Bertz CT molecular complexity index is 638. The maximum absolute atomic E-state index is 12.6. The topological polar surface area (TPSA) is 60.0 Å². The van der Waals surface area contributed by atoms with Gasteiger partial charge in [-0.3, -0.25) is 0 Å². The summed E-state index contributed by atoms with van der Waals surface area (Å²) in [6.07, 6.45) is -0.312. The van der Waals surface area contributed by atoms with Crippen molar-refractivity contribution in [2.75, 3.05) is 26.3 Å². The molecule has 2 atom stereocenters. The van der Waals surface area contributed by atoms with Crippen LogP contribution in [-0.4, -0.2) is 56.1 Å². The summed E-state index contributed by atoms with van der Waals surface area (Å²) in [5, 5.41) is 2.89. The molecule has 0 saturated carbocycles. The normalized spacial score (nSPS) is 22.8. The molecular formula is C15H16Cl2F2N2O4. The van der Waals surface area contributed by atoms with Crippen LogP contribution in [0, 0.1) is 0 Å². The molecule has 6 nitrogen and oxygen atoms in total. The van der Waals surface area contributed by atoms with Crippen LogP contribution in [0.2, 0.25) is 10.0 Å². The van der Waals surface area contributed by atoms with Crippen LogP contribution in [0.15, 0.2) is 12.1 Å². The molecule has 1 N–H and O–H groups in total. The first-order chi connectivity index (χ1) is 11.9. The van der Waals surface area contributed by atoms with Crippen LogP contribution >= 0.6 is 23.2 Å². The SMILES string of the molecule is O=C(NCc1cc(Cl)cc(Cl)c1OC(F)F)N1CC2COCC(C1)O2. The van der Waals surface area contributed by atoms with E-state index in [0.29, 0.717) is 26.3 Å². The van der Waals surface area contributed by atoms with Crippen molar-refractivity contribution in [3.63, 3.8) is 0 Å². The third-order valence-corrected chi connectivity index (χ3v) is 4.35. The molecule has 2 saturated heterocycles. The number of ether oxygens (including phenoxy) is 3. The summed E-state index contributed by atoms with van der Waals surface area (Å²) in [7, 11) is 0. The first-order valence-electron chi connectivity index (χ1n) is 7.61. The minimum Gasteiger partial charge on any atom is -0.433 e. The van der Waals surface area contributed by atoms with E-state index < -0.39 is 6.61 Å². The Morgan fingerprint density at radius 2 is 2.00 bits per heavy atom. The van der Waals surface area contributed by atoms with E-state index in [0.717, 1.165) is 0 Å². The zero-order valence-electron chi connectivity index (χ0n) is 13.0. The number of alkyl halides is 2. The lowest BCUT2D eigenvalue weighted by molar-refractivity contribution is -0.171. The number of carbonyl (C=O) groups excluding carboxylic acids is 1. The van der Waals surface area contributed by atoms with Crippen molar-refractivity contribution < 1.29 is 27.8 Å². The number of urea groups is 1. The first kappa shape index (κ1) is 18.4. The molecule has 2 aliphatic rings. The predicted molar refractivity (Wildman–Crippen MR) is 86.4 cm³/mol. The number of hydrogen-bond acceptors (Lipinski definition) is 4. The number of benzene rings is 1. The second-order valence-electron chi connectivity index (χ2n) is 5.74. The summed E-state index contributed by atoms with van der Waals surface area (Å²) in [5.74, 6) is -0.200. The van der Waals surface area contributed by atoms with Gasteiger partial charge < -0.3 is 24.4 Å². The van der Waals surface area contributed by atoms with E-state index in [9.17, 15) is 13.6 Å². The Labute approximate surface area is 152 Å². The molecule has 0 radical (unpaired) electrons. The number of amides is 2. The number of nitrogens with one attached hydrogen (secondary N) is 1. The van der Waals surface area contributed by atoms with Gasteiger partial charge in [-0.25, -0.2) is 4.79 Å². The molecule has 0 aromatic heterocycles. The summed E-state index contributed by atoms with van der Waals surface area (Å²) in [5.41, 5.74) is 0.267. The molecule has 1 aromatic carbocycles. The molecule has 2 aliphatic heterocycles. The summed E-state index contributed by atoms with van der Waals surface area (Å²) in [4.78, 5) is 14.0. The lowest BCUT2D eigenvalue weighted by atomic mass is 10.2. The highest BCUT2D eigenvalue weighted by molar-refractivity contribution is 6.35. The van der Waals surface area contributed by atoms with Gasteiger partial charge in [0, 0.05) is 17.1 Å². The van der Waals surface area contributed by atoms with Gasteiger partial charge in [-0.15, -0.1) is 0 Å². The Morgan fingerprint density at radius 3 is 2.64 bits per heavy atom. The number of hydrogen-bond donors (Lipinski definition) is 1. The van der Waals surface area contributed by atoms with Crippen molar-refractivity contribution in [1.29, 1.82) is 0 Å². The number of carbonyl (C=O) groups is 1. The maximum atomic E-state index is 12.6. The standard InChI is InChI=1S/C15H16Cl2F2N2O4/c16-9-1-8(13(12(17)2-9)25-14(18)19)3-20-15(22)21-4-10-6-23-7-11(5-21)24-10/h1-2,10-11,14H,3-7H2,(H,20,22). The molecule has 2 bridgehead atoms. The van der Waals surface area contributed by atoms with Crippen molar-refractivity contribution in [1.82, 2.24) is 10.2 Å². The van der Waals surface area contributed by atoms with Crippen molar-refractivity contribution in [3.8, 4) is 5.75 Å². The molecule has 1 aromatic rings. The van der Waals surface area contributed by atoms with Gasteiger partial charge in [-0.05, 0) is 12.1 Å². The summed E-state index contributed by atoms with van der Waals surface area (Å²) >= 11 is 11.8. The van der Waals surface area contributed by atoms with Crippen molar-refractivity contribution >= 4 is 29.2 Å². The van der Waals surface area contributed by atoms with E-state index in [1.807, 2.05) is 0 Å². The van der Waals surface area contributed by atoms with Gasteiger partial charge in [0.25, 0.3) is 0 Å². The van der Waals surface area contributed by atoms with Crippen LogP contribution in [0.5, 0.6) is 5.75 Å². The Balaban J connectivity index is 1.65. The fraction of sp³-hybridized carbons (Fsp3) is 0.533. The number of fused-ring (bicyclic) bond motifs is 2. The van der Waals surface area contributed by atoms with Crippen LogP contribution in [-0.2, 0) is 16.0 Å². The van der Waals surface area contributed by atoms with E-state index in [2.05, 4.69) is 10.1 Å². The Morgan fingerprint density at radius 1 is 1.32 bits per heavy atom.